The highest BCUT2D eigenvalue weighted by Gasteiger charge is 2.13. The number of rotatable bonds is 6. The molecule has 2 heterocycles. The Labute approximate surface area is 158 Å². The molecule has 0 spiro atoms. The number of ether oxygens (including phenoxy) is 2. The van der Waals surface area contributed by atoms with E-state index in [1.165, 1.54) is 11.1 Å². The van der Waals surface area contributed by atoms with Gasteiger partial charge in [-0.05, 0) is 55.3 Å². The minimum atomic E-state index is 0.263. The summed E-state index contributed by atoms with van der Waals surface area (Å²) in [5.74, 6) is 0.821. The number of nitrogens with one attached hydrogen (secondary N) is 1. The van der Waals surface area contributed by atoms with Gasteiger partial charge in [0.15, 0.2) is 5.76 Å². The number of methoxy groups -OCH3 is 1. The Morgan fingerprint density at radius 3 is 2.44 bits per heavy atom. The molecule has 4 heteroatoms. The minimum Gasteiger partial charge on any atom is -0.454 e. The molecule has 4 rings (SSSR count). The van der Waals surface area contributed by atoms with E-state index in [9.17, 15) is 0 Å². The molecule has 2 aromatic heterocycles. The largest absolute Gasteiger partial charge is 0.454 e. The number of aryl methyl sites for hydroxylation is 2. The number of aromatic nitrogens is 1. The predicted molar refractivity (Wildman–Crippen MR) is 108 cm³/mol. The smallest absolute Gasteiger partial charge is 0.151 e. The van der Waals surface area contributed by atoms with Crippen molar-refractivity contribution in [3.05, 3.63) is 71.3 Å². The molecule has 27 heavy (non-hydrogen) atoms. The zero-order valence-corrected chi connectivity index (χ0v) is 15.8. The van der Waals surface area contributed by atoms with E-state index in [2.05, 4.69) is 73.4 Å². The second-order valence-corrected chi connectivity index (χ2v) is 6.86. The van der Waals surface area contributed by atoms with E-state index < -0.39 is 0 Å². The molecule has 0 saturated heterocycles. The SMILES string of the molecule is COCOCc1cc(C)cc2cc(-c3ccc(-c4ccc(C)cc4)[nH]3)oc12. The van der Waals surface area contributed by atoms with Crippen LogP contribution >= 0.6 is 0 Å². The Bertz CT molecular complexity index is 1060. The van der Waals surface area contributed by atoms with Crippen LogP contribution in [0, 0.1) is 13.8 Å². The van der Waals surface area contributed by atoms with Gasteiger partial charge in [-0.15, -0.1) is 0 Å². The van der Waals surface area contributed by atoms with Gasteiger partial charge in [0.25, 0.3) is 0 Å². The fourth-order valence-electron chi connectivity index (χ4n) is 3.31. The van der Waals surface area contributed by atoms with Gasteiger partial charge < -0.3 is 18.9 Å². The summed E-state index contributed by atoms with van der Waals surface area (Å²) in [6.45, 7) is 4.89. The van der Waals surface area contributed by atoms with E-state index in [0.29, 0.717) is 6.61 Å². The molecule has 138 valence electrons. The van der Waals surface area contributed by atoms with Crippen molar-refractivity contribution in [1.82, 2.24) is 4.98 Å². The summed E-state index contributed by atoms with van der Waals surface area (Å²) in [5, 5.41) is 1.08. The Hall–Kier alpha value is -2.82. The van der Waals surface area contributed by atoms with E-state index in [0.717, 1.165) is 39.2 Å². The first-order valence-corrected chi connectivity index (χ1v) is 9.00. The highest BCUT2D eigenvalue weighted by atomic mass is 16.7. The van der Waals surface area contributed by atoms with Gasteiger partial charge in [0.2, 0.25) is 0 Å². The zero-order chi connectivity index (χ0) is 18.8. The molecule has 0 aliphatic rings. The Morgan fingerprint density at radius 2 is 1.67 bits per heavy atom. The highest BCUT2D eigenvalue weighted by Crippen LogP contribution is 2.32. The van der Waals surface area contributed by atoms with Crippen LogP contribution in [-0.2, 0) is 16.1 Å². The predicted octanol–water partition coefficient (Wildman–Crippen LogP) is 5.83. The van der Waals surface area contributed by atoms with Crippen LogP contribution in [0.1, 0.15) is 16.7 Å². The van der Waals surface area contributed by atoms with Gasteiger partial charge in [0, 0.05) is 23.8 Å². The molecule has 0 fully saturated rings. The Balaban J connectivity index is 1.68. The van der Waals surface area contributed by atoms with Gasteiger partial charge in [-0.1, -0.05) is 29.8 Å². The van der Waals surface area contributed by atoms with Crippen molar-refractivity contribution in [3.63, 3.8) is 0 Å². The number of aromatic amines is 1. The lowest BCUT2D eigenvalue weighted by Crippen LogP contribution is -1.97. The first-order chi connectivity index (χ1) is 13.1. The molecule has 0 aliphatic carbocycles. The molecular formula is C23H23NO3. The van der Waals surface area contributed by atoms with Crippen LogP contribution in [0.15, 0.2) is 59.0 Å². The third-order valence-electron chi connectivity index (χ3n) is 4.61. The standard InChI is InChI=1S/C23H23NO3/c1-15-4-6-17(7-5-15)20-8-9-21(24-20)22-12-18-10-16(2)11-19(23(18)27-22)13-26-14-25-3/h4-12,24H,13-14H2,1-3H3. The first kappa shape index (κ1) is 17.6. The third kappa shape index (κ3) is 3.68. The summed E-state index contributed by atoms with van der Waals surface area (Å²) >= 11 is 0. The van der Waals surface area contributed by atoms with Gasteiger partial charge in [0.05, 0.1) is 12.3 Å². The van der Waals surface area contributed by atoms with Gasteiger partial charge >= 0.3 is 0 Å². The van der Waals surface area contributed by atoms with E-state index in [1.807, 2.05) is 0 Å². The van der Waals surface area contributed by atoms with E-state index in [1.54, 1.807) is 7.11 Å². The molecule has 0 bridgehead atoms. The van der Waals surface area contributed by atoms with Gasteiger partial charge in [-0.25, -0.2) is 0 Å². The van der Waals surface area contributed by atoms with Crippen molar-refractivity contribution >= 4 is 11.0 Å². The highest BCUT2D eigenvalue weighted by molar-refractivity contribution is 5.86. The van der Waals surface area contributed by atoms with Crippen molar-refractivity contribution < 1.29 is 13.9 Å². The summed E-state index contributed by atoms with van der Waals surface area (Å²) in [6, 6.07) is 18.9. The molecule has 0 unspecified atom stereocenters. The van der Waals surface area contributed by atoms with Crippen LogP contribution in [0.2, 0.25) is 0 Å². The maximum atomic E-state index is 6.19. The summed E-state index contributed by atoms with van der Waals surface area (Å²) in [4.78, 5) is 3.47. The minimum absolute atomic E-state index is 0.263. The Morgan fingerprint density at radius 1 is 0.889 bits per heavy atom. The molecule has 4 nitrogen and oxygen atoms in total. The maximum absolute atomic E-state index is 6.19. The van der Waals surface area contributed by atoms with Gasteiger partial charge in [-0.2, -0.15) is 0 Å². The maximum Gasteiger partial charge on any atom is 0.151 e. The Kier molecular flexibility index (Phi) is 4.84. The summed E-state index contributed by atoms with van der Waals surface area (Å²) < 4.78 is 16.7. The van der Waals surface area contributed by atoms with Crippen LogP contribution in [0.5, 0.6) is 0 Å². The lowest BCUT2D eigenvalue weighted by molar-refractivity contribution is -0.0389. The quantitative estimate of drug-likeness (QED) is 0.347. The third-order valence-corrected chi connectivity index (χ3v) is 4.61. The number of hydrogen-bond donors (Lipinski definition) is 1. The second-order valence-electron chi connectivity index (χ2n) is 6.86. The van der Waals surface area contributed by atoms with Crippen LogP contribution < -0.4 is 0 Å². The lowest BCUT2D eigenvalue weighted by Gasteiger charge is -2.05. The van der Waals surface area contributed by atoms with Crippen molar-refractivity contribution in [2.24, 2.45) is 0 Å². The molecule has 2 aromatic carbocycles. The van der Waals surface area contributed by atoms with Crippen LogP contribution in [0.25, 0.3) is 33.7 Å². The second kappa shape index (κ2) is 7.43. The van der Waals surface area contributed by atoms with Gasteiger partial charge in [0.1, 0.15) is 12.4 Å². The van der Waals surface area contributed by atoms with Crippen LogP contribution in [0.3, 0.4) is 0 Å². The van der Waals surface area contributed by atoms with Crippen molar-refractivity contribution in [2.45, 2.75) is 20.5 Å². The van der Waals surface area contributed by atoms with E-state index in [4.69, 9.17) is 13.9 Å². The molecular weight excluding hydrogens is 338 g/mol. The fraction of sp³-hybridized carbons (Fsp3) is 0.217. The molecule has 1 N–H and O–H groups in total. The zero-order valence-electron chi connectivity index (χ0n) is 15.8. The average Bonchev–Trinajstić information content (AvgIpc) is 3.29. The average molecular weight is 361 g/mol. The first-order valence-electron chi connectivity index (χ1n) is 9.00. The summed E-state index contributed by atoms with van der Waals surface area (Å²) in [6.07, 6.45) is 0. The van der Waals surface area contributed by atoms with Gasteiger partial charge in [-0.3, -0.25) is 0 Å². The van der Waals surface area contributed by atoms with Crippen molar-refractivity contribution in [3.8, 4) is 22.7 Å². The fourth-order valence-corrected chi connectivity index (χ4v) is 3.31. The number of fused-ring (bicyclic) bond motifs is 1. The number of benzene rings is 2. The number of H-pyrrole nitrogens is 1. The summed E-state index contributed by atoms with van der Waals surface area (Å²) in [7, 11) is 1.62. The molecule has 0 aliphatic heterocycles. The normalized spacial score (nSPS) is 11.4. The van der Waals surface area contributed by atoms with Crippen molar-refractivity contribution in [1.29, 1.82) is 0 Å². The van der Waals surface area contributed by atoms with Crippen LogP contribution in [-0.4, -0.2) is 18.9 Å². The molecule has 0 amide bonds. The van der Waals surface area contributed by atoms with Crippen molar-refractivity contribution in [2.75, 3.05) is 13.9 Å². The molecule has 4 aromatic rings. The number of hydrogen-bond acceptors (Lipinski definition) is 3. The topological polar surface area (TPSA) is 47.4 Å². The molecule has 0 atom stereocenters. The van der Waals surface area contributed by atoms with Crippen LogP contribution in [0.4, 0.5) is 0 Å². The molecule has 0 saturated carbocycles. The molecule has 0 radical (unpaired) electrons. The van der Waals surface area contributed by atoms with E-state index >= 15 is 0 Å². The number of furan rings is 1. The summed E-state index contributed by atoms with van der Waals surface area (Å²) in [5.41, 5.74) is 7.51. The van der Waals surface area contributed by atoms with E-state index in [-0.39, 0.29) is 6.79 Å². The lowest BCUT2D eigenvalue weighted by atomic mass is 10.1. The monoisotopic (exact) mass is 361 g/mol.